The van der Waals surface area contributed by atoms with Gasteiger partial charge < -0.3 is 40.1 Å². The van der Waals surface area contributed by atoms with Gasteiger partial charge in [0.15, 0.2) is 11.2 Å². The lowest BCUT2D eigenvalue weighted by Gasteiger charge is -2.43. The molecule has 6 N–H and O–H groups in total. The van der Waals surface area contributed by atoms with Crippen LogP contribution in [0.15, 0.2) is 0 Å². The van der Waals surface area contributed by atoms with Crippen molar-refractivity contribution >= 4 is 35.8 Å². The standard InChI is InChI=1S/C39H68O14/c1-6-10-14-18-22-36(23-19-15-11-7-2,38(50,32(44)45)26-30(40)41)34(48)52-28-29(5)53-35(49)37(24-20-16-12-8-3,25-21-17-13-9-4)39(51,33(46)47)27-31(42)43/h29,50-51H,6-28H2,1-5H3,(H,40,41)(H,42,43)(H,44,45)(H,46,47). The Balaban J connectivity index is 6.88. The van der Waals surface area contributed by atoms with Crippen LogP contribution in [0.25, 0.3) is 0 Å². The number of esters is 2. The zero-order valence-corrected chi connectivity index (χ0v) is 32.8. The van der Waals surface area contributed by atoms with Crippen LogP contribution in [0.4, 0.5) is 0 Å². The van der Waals surface area contributed by atoms with Crippen LogP contribution in [0.2, 0.25) is 0 Å². The first kappa shape index (κ1) is 49.7. The molecule has 0 aromatic rings. The molecule has 0 saturated heterocycles. The van der Waals surface area contributed by atoms with Gasteiger partial charge in [-0.3, -0.25) is 19.2 Å². The van der Waals surface area contributed by atoms with Crippen molar-refractivity contribution in [3.05, 3.63) is 0 Å². The maximum atomic E-state index is 14.2. The average molecular weight is 761 g/mol. The van der Waals surface area contributed by atoms with Crippen LogP contribution in [-0.4, -0.2) is 90.4 Å². The highest BCUT2D eigenvalue weighted by atomic mass is 16.6. The second-order valence-electron chi connectivity index (χ2n) is 14.7. The van der Waals surface area contributed by atoms with E-state index >= 15 is 0 Å². The van der Waals surface area contributed by atoms with Gasteiger partial charge in [0, 0.05) is 0 Å². The minimum absolute atomic E-state index is 0.179. The maximum absolute atomic E-state index is 14.2. The van der Waals surface area contributed by atoms with Crippen LogP contribution in [-0.2, 0) is 38.2 Å². The summed E-state index contributed by atoms with van der Waals surface area (Å²) < 4.78 is 11.3. The first-order valence-electron chi connectivity index (χ1n) is 19.6. The third-order valence-electron chi connectivity index (χ3n) is 10.5. The fourth-order valence-electron chi connectivity index (χ4n) is 7.23. The Bertz CT molecular complexity index is 1130. The largest absolute Gasteiger partial charge is 0.481 e. The Morgan fingerprint density at radius 2 is 0.792 bits per heavy atom. The van der Waals surface area contributed by atoms with E-state index in [1.807, 2.05) is 27.7 Å². The molecule has 0 rings (SSSR count). The Morgan fingerprint density at radius 1 is 0.491 bits per heavy atom. The molecule has 0 bridgehead atoms. The molecule has 308 valence electrons. The summed E-state index contributed by atoms with van der Waals surface area (Å²) in [4.78, 5) is 77.5. The van der Waals surface area contributed by atoms with E-state index in [0.29, 0.717) is 51.4 Å². The van der Waals surface area contributed by atoms with Crippen LogP contribution in [0.5, 0.6) is 0 Å². The van der Waals surface area contributed by atoms with Gasteiger partial charge in [0.25, 0.3) is 0 Å². The summed E-state index contributed by atoms with van der Waals surface area (Å²) in [6.07, 6.45) is 5.24. The fourth-order valence-corrected chi connectivity index (χ4v) is 7.23. The van der Waals surface area contributed by atoms with E-state index in [0.717, 1.165) is 51.4 Å². The summed E-state index contributed by atoms with van der Waals surface area (Å²) in [7, 11) is 0. The van der Waals surface area contributed by atoms with Gasteiger partial charge in [-0.1, -0.05) is 130 Å². The highest BCUT2D eigenvalue weighted by Gasteiger charge is 2.63. The van der Waals surface area contributed by atoms with Crippen molar-refractivity contribution in [1.82, 2.24) is 0 Å². The molecule has 0 aromatic heterocycles. The second-order valence-corrected chi connectivity index (χ2v) is 14.7. The van der Waals surface area contributed by atoms with Gasteiger partial charge >= 0.3 is 35.8 Å². The van der Waals surface area contributed by atoms with E-state index in [9.17, 15) is 59.4 Å². The number of carboxylic acid groups (broad SMARTS) is 4. The number of carbonyl (C=O) groups is 6. The van der Waals surface area contributed by atoms with E-state index in [1.165, 1.54) is 6.92 Å². The van der Waals surface area contributed by atoms with E-state index in [1.54, 1.807) is 0 Å². The van der Waals surface area contributed by atoms with Gasteiger partial charge in [-0.05, 0) is 32.6 Å². The number of hydrogen-bond acceptors (Lipinski definition) is 10. The van der Waals surface area contributed by atoms with Crippen molar-refractivity contribution in [3.8, 4) is 0 Å². The highest BCUT2D eigenvalue weighted by Crippen LogP contribution is 2.47. The average Bonchev–Trinajstić information content (AvgIpc) is 3.08. The van der Waals surface area contributed by atoms with Crippen molar-refractivity contribution < 1.29 is 68.9 Å². The molecule has 3 atom stereocenters. The number of aliphatic hydroxyl groups is 2. The van der Waals surface area contributed by atoms with Gasteiger partial charge in [0.1, 0.15) is 23.5 Å². The maximum Gasteiger partial charge on any atom is 0.337 e. The molecule has 0 fully saturated rings. The molecule has 3 unspecified atom stereocenters. The van der Waals surface area contributed by atoms with Crippen molar-refractivity contribution in [2.45, 2.75) is 193 Å². The third-order valence-corrected chi connectivity index (χ3v) is 10.5. The molecule has 0 saturated carbocycles. The van der Waals surface area contributed by atoms with E-state index < -0.39 is 83.4 Å². The summed E-state index contributed by atoms with van der Waals surface area (Å²) in [6.45, 7) is 8.49. The molecule has 0 amide bonds. The van der Waals surface area contributed by atoms with Crippen molar-refractivity contribution in [3.63, 3.8) is 0 Å². The summed E-state index contributed by atoms with van der Waals surface area (Å²) in [5.41, 5.74) is -10.4. The van der Waals surface area contributed by atoms with Crippen LogP contribution >= 0.6 is 0 Å². The first-order valence-corrected chi connectivity index (χ1v) is 19.6. The van der Waals surface area contributed by atoms with Crippen molar-refractivity contribution in [2.24, 2.45) is 10.8 Å². The van der Waals surface area contributed by atoms with Gasteiger partial charge in [-0.15, -0.1) is 0 Å². The zero-order chi connectivity index (χ0) is 40.7. The molecule has 14 heteroatoms. The normalized spacial score (nSPS) is 14.8. The molecular weight excluding hydrogens is 692 g/mol. The van der Waals surface area contributed by atoms with Crippen LogP contribution < -0.4 is 0 Å². The predicted molar refractivity (Wildman–Crippen MR) is 196 cm³/mol. The molecule has 0 aromatic carbocycles. The quantitative estimate of drug-likeness (QED) is 0.0295. The monoisotopic (exact) mass is 760 g/mol. The third kappa shape index (κ3) is 14.5. The molecule has 0 aliphatic rings. The van der Waals surface area contributed by atoms with Gasteiger partial charge in [-0.2, -0.15) is 0 Å². The second kappa shape index (κ2) is 24.9. The summed E-state index contributed by atoms with van der Waals surface area (Å²) in [5, 5.41) is 63.1. The van der Waals surface area contributed by atoms with Gasteiger partial charge in [0.05, 0.1) is 12.8 Å². The minimum atomic E-state index is -3.04. The number of ether oxygens (including phenoxy) is 2. The van der Waals surface area contributed by atoms with Gasteiger partial charge in [-0.25, -0.2) is 9.59 Å². The number of carboxylic acids is 4. The molecule has 0 aliphatic carbocycles. The predicted octanol–water partition coefficient (Wildman–Crippen LogP) is 6.90. The van der Waals surface area contributed by atoms with Gasteiger partial charge in [0.2, 0.25) is 0 Å². The van der Waals surface area contributed by atoms with Crippen molar-refractivity contribution in [2.75, 3.05) is 6.61 Å². The minimum Gasteiger partial charge on any atom is -0.481 e. The molecular formula is C39H68O14. The highest BCUT2D eigenvalue weighted by molar-refractivity contribution is 5.94. The lowest BCUT2D eigenvalue weighted by Crippen LogP contribution is -2.60. The molecule has 0 spiro atoms. The summed E-state index contributed by atoms with van der Waals surface area (Å²) >= 11 is 0. The summed E-state index contributed by atoms with van der Waals surface area (Å²) in [6, 6.07) is 0. The molecule has 53 heavy (non-hydrogen) atoms. The number of carbonyl (C=O) groups excluding carboxylic acids is 2. The number of unbranched alkanes of at least 4 members (excludes halogenated alkanes) is 12. The van der Waals surface area contributed by atoms with E-state index in [4.69, 9.17) is 9.47 Å². The molecule has 0 radical (unpaired) electrons. The first-order chi connectivity index (χ1) is 24.9. The number of rotatable bonds is 33. The topological polar surface area (TPSA) is 242 Å². The lowest BCUT2D eigenvalue weighted by atomic mass is 9.64. The Labute approximate surface area is 315 Å². The SMILES string of the molecule is CCCCCCC(CCCCCC)(C(=O)OCC(C)OC(=O)C(CCCCCC)(CCCCCC)C(O)(CC(=O)O)C(=O)O)C(O)(CC(=O)O)C(=O)O. The summed E-state index contributed by atoms with van der Waals surface area (Å²) in [5.74, 6) is -9.36. The van der Waals surface area contributed by atoms with Crippen LogP contribution in [0.1, 0.15) is 176 Å². The Morgan fingerprint density at radius 3 is 1.06 bits per heavy atom. The Hall–Kier alpha value is -3.26. The van der Waals surface area contributed by atoms with Crippen LogP contribution in [0, 0.1) is 10.8 Å². The zero-order valence-electron chi connectivity index (χ0n) is 32.8. The van der Waals surface area contributed by atoms with E-state index in [2.05, 4.69) is 0 Å². The van der Waals surface area contributed by atoms with E-state index in [-0.39, 0.29) is 25.7 Å². The molecule has 14 nitrogen and oxygen atoms in total. The Kier molecular flexibility index (Phi) is 23.4. The lowest BCUT2D eigenvalue weighted by molar-refractivity contribution is -0.206. The molecule has 0 aliphatic heterocycles. The van der Waals surface area contributed by atoms with Crippen molar-refractivity contribution in [1.29, 1.82) is 0 Å². The van der Waals surface area contributed by atoms with Crippen LogP contribution in [0.3, 0.4) is 0 Å². The smallest absolute Gasteiger partial charge is 0.337 e. The number of hydrogen-bond donors (Lipinski definition) is 6. The molecule has 0 heterocycles. The fraction of sp³-hybridized carbons (Fsp3) is 0.846. The number of aliphatic carboxylic acids is 4.